The molecule has 0 aliphatic rings. The van der Waals surface area contributed by atoms with Gasteiger partial charge in [0.1, 0.15) is 0 Å². The Hall–Kier alpha value is 0.771. The van der Waals surface area contributed by atoms with Crippen molar-refractivity contribution in [3.63, 3.8) is 0 Å². The van der Waals surface area contributed by atoms with Crippen LogP contribution in [0.5, 0.6) is 0 Å². The Morgan fingerprint density at radius 2 is 0.704 bits per heavy atom. The second-order valence-corrected chi connectivity index (χ2v) is 11.9. The van der Waals surface area contributed by atoms with Gasteiger partial charge in [-0.1, -0.05) is 62.3 Å². The Morgan fingerprint density at radius 3 is 0.778 bits per heavy atom. The summed E-state index contributed by atoms with van der Waals surface area (Å²) < 4.78 is 0. The third-order valence-electron chi connectivity index (χ3n) is 3.04. The molecule has 0 radical (unpaired) electrons. The molecule has 0 rings (SSSR count). The molecule has 0 bridgehead atoms. The fourth-order valence-corrected chi connectivity index (χ4v) is 7.59. The van der Waals surface area contributed by atoms with Crippen molar-refractivity contribution in [1.82, 2.24) is 0 Å². The molecule has 0 aromatic heterocycles. The number of hydrogen-bond donors (Lipinski definition) is 4. The van der Waals surface area contributed by atoms with E-state index in [1.54, 1.807) is 0 Å². The Labute approximate surface area is 187 Å². The van der Waals surface area contributed by atoms with Gasteiger partial charge in [0.15, 0.2) is 8.32 Å². The third kappa shape index (κ3) is 46.6. The van der Waals surface area contributed by atoms with Crippen LogP contribution in [-0.2, 0) is 21.7 Å². The third-order valence-corrected chi connectivity index (χ3v) is 7.76. The van der Waals surface area contributed by atoms with Crippen molar-refractivity contribution in [2.24, 2.45) is 17.8 Å². The maximum atomic E-state index is 10.7. The minimum atomic E-state index is -1.94. The van der Waals surface area contributed by atoms with Gasteiger partial charge in [0.2, 0.25) is 0 Å². The van der Waals surface area contributed by atoms with E-state index in [2.05, 4.69) is 41.5 Å². The Bertz CT molecular complexity index is 198. The van der Waals surface area contributed by atoms with Crippen molar-refractivity contribution in [2.45, 2.75) is 99.7 Å². The summed E-state index contributed by atoms with van der Waals surface area (Å²) in [5, 5.41) is 23.6. The van der Waals surface area contributed by atoms with Gasteiger partial charge in [-0.3, -0.25) is 0 Å². The second kappa shape index (κ2) is 29.0. The molecule has 0 atom stereocenters. The number of aliphatic hydroxyl groups excluding tert-OH is 3. The molecule has 0 saturated carbocycles. The van der Waals surface area contributed by atoms with Crippen molar-refractivity contribution in [3.05, 3.63) is 0 Å². The van der Waals surface area contributed by atoms with E-state index >= 15 is 0 Å². The first-order valence-corrected chi connectivity index (χ1v) is 13.1. The van der Waals surface area contributed by atoms with Gasteiger partial charge in [0.25, 0.3) is 0 Å². The summed E-state index contributed by atoms with van der Waals surface area (Å²) in [5.41, 5.74) is 0. The largest absolute Gasteiger partial charge is 0.432 e. The molecule has 0 aromatic rings. The van der Waals surface area contributed by atoms with Gasteiger partial charge >= 0.3 is 0 Å². The van der Waals surface area contributed by atoms with Crippen LogP contribution in [-0.4, -0.2) is 48.3 Å². The molecule has 0 spiro atoms. The molecule has 4 nitrogen and oxygen atoms in total. The predicted octanol–water partition coefficient (Wildman–Crippen LogP) is 5.06. The van der Waals surface area contributed by atoms with Crippen molar-refractivity contribution >= 4 is 8.32 Å². The van der Waals surface area contributed by atoms with E-state index in [-0.39, 0.29) is 21.7 Å². The molecular weight excluding hydrogens is 392 g/mol. The van der Waals surface area contributed by atoms with Gasteiger partial charge in [0, 0.05) is 41.5 Å². The van der Waals surface area contributed by atoms with Gasteiger partial charge in [-0.2, -0.15) is 0 Å². The van der Waals surface area contributed by atoms with Crippen LogP contribution in [0, 0.1) is 17.8 Å². The van der Waals surface area contributed by atoms with E-state index in [1.807, 2.05) is 20.8 Å². The molecule has 0 amide bonds. The van der Waals surface area contributed by atoms with Gasteiger partial charge in [-0.25, -0.2) is 0 Å². The summed E-state index contributed by atoms with van der Waals surface area (Å²) in [7, 11) is -1.94. The molecule has 0 aromatic carbocycles. The van der Waals surface area contributed by atoms with Gasteiger partial charge in [-0.15, -0.1) is 0 Å². The molecule has 0 aliphatic heterocycles. The first-order chi connectivity index (χ1) is 12.0. The molecule has 0 unspecified atom stereocenters. The minimum absolute atomic E-state index is 0. The molecule has 0 heterocycles. The van der Waals surface area contributed by atoms with Crippen LogP contribution in [0.1, 0.15) is 81.6 Å². The summed E-state index contributed by atoms with van der Waals surface area (Å²) in [6.45, 7) is 20.1. The Morgan fingerprint density at radius 1 is 0.556 bits per heavy atom. The van der Waals surface area contributed by atoms with Crippen molar-refractivity contribution < 1.29 is 41.8 Å². The van der Waals surface area contributed by atoms with E-state index in [1.165, 1.54) is 0 Å². The van der Waals surface area contributed by atoms with Crippen LogP contribution in [0.25, 0.3) is 0 Å². The number of hydrogen-bond acceptors (Lipinski definition) is 4. The van der Waals surface area contributed by atoms with Gasteiger partial charge in [0.05, 0.1) is 0 Å². The molecule has 27 heavy (non-hydrogen) atoms. The topological polar surface area (TPSA) is 80.9 Å². The number of aliphatic hydroxyl groups is 3. The smallest absolute Gasteiger partial charge is 0.189 e. The molecule has 0 aliphatic carbocycles. The SMILES string of the molecule is CC(C)C[Si](O)(CC(C)C)CC(C)C.CCCO.CCCO.CCCO.[Ti]. The summed E-state index contributed by atoms with van der Waals surface area (Å²) in [6.07, 6.45) is 2.62. The minimum Gasteiger partial charge on any atom is -0.432 e. The van der Waals surface area contributed by atoms with E-state index in [9.17, 15) is 4.80 Å². The van der Waals surface area contributed by atoms with Crippen molar-refractivity contribution in [2.75, 3.05) is 19.8 Å². The molecule has 4 N–H and O–H groups in total. The van der Waals surface area contributed by atoms with E-state index < -0.39 is 8.32 Å². The molecular formula is C21H52O4SiTi. The molecule has 6 heteroatoms. The van der Waals surface area contributed by atoms with Crippen LogP contribution in [0.2, 0.25) is 18.1 Å². The molecule has 0 fully saturated rings. The Balaban J connectivity index is -0.000000102. The second-order valence-electron chi connectivity index (χ2n) is 8.19. The van der Waals surface area contributed by atoms with Gasteiger partial charge < -0.3 is 20.1 Å². The zero-order valence-corrected chi connectivity index (χ0v) is 22.4. The van der Waals surface area contributed by atoms with E-state index in [0.29, 0.717) is 37.6 Å². The first kappa shape index (κ1) is 38.4. The summed E-state index contributed by atoms with van der Waals surface area (Å²) >= 11 is 0. The summed E-state index contributed by atoms with van der Waals surface area (Å²) in [6, 6.07) is 3.22. The van der Waals surface area contributed by atoms with Crippen LogP contribution in [0.15, 0.2) is 0 Å². The first-order valence-electron chi connectivity index (χ1n) is 10.5. The van der Waals surface area contributed by atoms with E-state index in [4.69, 9.17) is 15.3 Å². The summed E-state index contributed by atoms with van der Waals surface area (Å²) in [5.74, 6) is 1.93. The van der Waals surface area contributed by atoms with Crippen molar-refractivity contribution in [1.29, 1.82) is 0 Å². The normalized spacial score (nSPS) is 10.2. The fourth-order valence-electron chi connectivity index (χ4n) is 2.53. The van der Waals surface area contributed by atoms with Crippen LogP contribution in [0.3, 0.4) is 0 Å². The zero-order valence-electron chi connectivity index (χ0n) is 19.9. The molecule has 168 valence electrons. The average molecular weight is 445 g/mol. The van der Waals surface area contributed by atoms with Crippen LogP contribution >= 0.6 is 0 Å². The number of rotatable bonds is 9. The Kier molecular flexibility index (Phi) is 41.2. The fraction of sp³-hybridized carbons (Fsp3) is 1.00. The average Bonchev–Trinajstić information content (AvgIpc) is 2.52. The quantitative estimate of drug-likeness (QED) is 0.375. The molecule has 0 saturated heterocycles. The predicted molar refractivity (Wildman–Crippen MR) is 119 cm³/mol. The van der Waals surface area contributed by atoms with Crippen LogP contribution < -0.4 is 0 Å². The standard InChI is InChI=1S/C12H28OSi.3C3H8O.Ti/c1-10(2)7-14(13,8-11(3)4)9-12(5)6;3*1-2-3-4;/h10-13H,7-9H2,1-6H3;3*4H,2-3H2,1H3;. The monoisotopic (exact) mass is 444 g/mol. The van der Waals surface area contributed by atoms with Crippen molar-refractivity contribution in [3.8, 4) is 0 Å². The van der Waals surface area contributed by atoms with E-state index in [0.717, 1.165) is 37.4 Å². The maximum Gasteiger partial charge on any atom is 0.189 e. The maximum absolute atomic E-state index is 10.7. The van der Waals surface area contributed by atoms with Gasteiger partial charge in [-0.05, 0) is 55.1 Å². The zero-order chi connectivity index (χ0) is 21.6. The summed E-state index contributed by atoms with van der Waals surface area (Å²) in [4.78, 5) is 10.7. The van der Waals surface area contributed by atoms with Crippen LogP contribution in [0.4, 0.5) is 0 Å².